The normalized spacial score (nSPS) is 32.1. The Morgan fingerprint density at radius 2 is 1.89 bits per heavy atom. The number of amides is 1. The lowest BCUT2D eigenvalue weighted by molar-refractivity contribution is -0.139. The molecule has 0 spiro atoms. The summed E-state index contributed by atoms with van der Waals surface area (Å²) in [5, 5.41) is 9.52. The van der Waals surface area contributed by atoms with Crippen molar-refractivity contribution in [1.82, 2.24) is 4.90 Å². The predicted octanol–water partition coefficient (Wildman–Crippen LogP) is 2.48. The molecule has 5 atom stereocenters. The molecule has 6 nitrogen and oxygen atoms in total. The number of ether oxygens (including phenoxy) is 2. The first kappa shape index (κ1) is 19.0. The topological polar surface area (TPSA) is 76.1 Å². The second-order valence-corrected chi connectivity index (χ2v) is 8.25. The standard InChI is InChI=1S/C22H27NO5/c1-12-10-13(2)20-16(11-12)19(25)17-18(14-4-6-15(27-3)7-5-14)23(8-9-24)22(26)21(17)28-20/h4-7,12-13,16,18,20,24H,8-11H2,1-3H3. The molecule has 1 saturated carbocycles. The highest BCUT2D eigenvalue weighted by Crippen LogP contribution is 2.48. The average molecular weight is 385 g/mol. The summed E-state index contributed by atoms with van der Waals surface area (Å²) < 4.78 is 11.4. The lowest BCUT2D eigenvalue weighted by Gasteiger charge is -2.41. The average Bonchev–Trinajstić information content (AvgIpc) is 2.96. The van der Waals surface area contributed by atoms with Gasteiger partial charge in [0.15, 0.2) is 11.5 Å². The van der Waals surface area contributed by atoms with Crippen molar-refractivity contribution in [3.8, 4) is 5.75 Å². The molecule has 0 saturated heterocycles. The van der Waals surface area contributed by atoms with Crippen molar-refractivity contribution < 1.29 is 24.2 Å². The van der Waals surface area contributed by atoms with Gasteiger partial charge >= 0.3 is 0 Å². The number of fused-ring (bicyclic) bond motifs is 1. The highest BCUT2D eigenvalue weighted by atomic mass is 16.5. The molecule has 6 heteroatoms. The van der Waals surface area contributed by atoms with Crippen LogP contribution >= 0.6 is 0 Å². The number of carbonyl (C=O) groups excluding carboxylic acids is 2. The van der Waals surface area contributed by atoms with E-state index in [2.05, 4.69) is 13.8 Å². The summed E-state index contributed by atoms with van der Waals surface area (Å²) >= 11 is 0. The molecule has 1 fully saturated rings. The zero-order valence-corrected chi connectivity index (χ0v) is 16.6. The van der Waals surface area contributed by atoms with Crippen LogP contribution < -0.4 is 4.74 Å². The van der Waals surface area contributed by atoms with Crippen LogP contribution in [0.15, 0.2) is 35.6 Å². The van der Waals surface area contributed by atoms with Crippen molar-refractivity contribution in [1.29, 1.82) is 0 Å². The van der Waals surface area contributed by atoms with Crippen LogP contribution in [-0.4, -0.2) is 48.1 Å². The fourth-order valence-electron chi connectivity index (χ4n) is 5.09. The van der Waals surface area contributed by atoms with Gasteiger partial charge < -0.3 is 19.5 Å². The number of carbonyl (C=O) groups is 2. The van der Waals surface area contributed by atoms with Crippen LogP contribution in [0.3, 0.4) is 0 Å². The first-order valence-corrected chi connectivity index (χ1v) is 9.97. The first-order chi connectivity index (χ1) is 13.5. The number of rotatable bonds is 4. The highest BCUT2D eigenvalue weighted by Gasteiger charge is 2.53. The molecule has 0 radical (unpaired) electrons. The number of hydrogen-bond acceptors (Lipinski definition) is 5. The van der Waals surface area contributed by atoms with Crippen LogP contribution in [0.2, 0.25) is 0 Å². The van der Waals surface area contributed by atoms with Crippen LogP contribution in [0, 0.1) is 17.8 Å². The maximum absolute atomic E-state index is 13.5. The SMILES string of the molecule is COc1ccc(C2C3=C(OC4C(C)CC(C)CC4C3=O)C(=O)N2CCO)cc1. The molecule has 0 bridgehead atoms. The Balaban J connectivity index is 1.77. The molecule has 2 heterocycles. The minimum Gasteiger partial charge on any atom is -0.497 e. The summed E-state index contributed by atoms with van der Waals surface area (Å²) in [5.41, 5.74) is 1.27. The number of nitrogens with zero attached hydrogens (tertiary/aromatic N) is 1. The number of methoxy groups -OCH3 is 1. The maximum atomic E-state index is 13.5. The molecule has 150 valence electrons. The molecule has 1 N–H and O–H groups in total. The lowest BCUT2D eigenvalue weighted by Crippen LogP contribution is -2.45. The summed E-state index contributed by atoms with van der Waals surface area (Å²) in [6.45, 7) is 4.24. The first-order valence-electron chi connectivity index (χ1n) is 9.97. The third-order valence-corrected chi connectivity index (χ3v) is 6.30. The molecule has 1 aromatic rings. The molecule has 28 heavy (non-hydrogen) atoms. The van der Waals surface area contributed by atoms with Gasteiger partial charge in [-0.25, -0.2) is 0 Å². The van der Waals surface area contributed by atoms with Gasteiger partial charge in [0.1, 0.15) is 11.9 Å². The van der Waals surface area contributed by atoms with E-state index in [0.29, 0.717) is 17.2 Å². The molecule has 0 aromatic heterocycles. The van der Waals surface area contributed by atoms with E-state index in [-0.39, 0.29) is 48.5 Å². The fraction of sp³-hybridized carbons (Fsp3) is 0.545. The van der Waals surface area contributed by atoms with Crippen molar-refractivity contribution in [3.63, 3.8) is 0 Å². The van der Waals surface area contributed by atoms with Gasteiger partial charge in [-0.2, -0.15) is 0 Å². The molecule has 1 aromatic carbocycles. The second kappa shape index (κ2) is 7.24. The number of aliphatic hydroxyl groups excluding tert-OH is 1. The Kier molecular flexibility index (Phi) is 4.91. The lowest BCUT2D eigenvalue weighted by atomic mass is 9.70. The highest BCUT2D eigenvalue weighted by molar-refractivity contribution is 6.11. The Bertz CT molecular complexity index is 815. The van der Waals surface area contributed by atoms with Gasteiger partial charge in [0.25, 0.3) is 5.91 Å². The Hall–Kier alpha value is -2.34. The van der Waals surface area contributed by atoms with Gasteiger partial charge in [-0.05, 0) is 42.4 Å². The summed E-state index contributed by atoms with van der Waals surface area (Å²) in [4.78, 5) is 28.2. The number of hydrogen-bond donors (Lipinski definition) is 1. The van der Waals surface area contributed by atoms with E-state index in [4.69, 9.17) is 9.47 Å². The molecule has 4 rings (SSSR count). The zero-order chi connectivity index (χ0) is 20.0. The predicted molar refractivity (Wildman–Crippen MR) is 102 cm³/mol. The number of benzene rings is 1. The van der Waals surface area contributed by atoms with E-state index in [1.54, 1.807) is 12.0 Å². The van der Waals surface area contributed by atoms with E-state index in [0.717, 1.165) is 18.4 Å². The molecular formula is C22H27NO5. The summed E-state index contributed by atoms with van der Waals surface area (Å²) in [6, 6.07) is 6.83. The molecule has 5 unspecified atom stereocenters. The fourth-order valence-corrected chi connectivity index (χ4v) is 5.09. The smallest absolute Gasteiger partial charge is 0.290 e. The third-order valence-electron chi connectivity index (χ3n) is 6.30. The maximum Gasteiger partial charge on any atom is 0.290 e. The monoisotopic (exact) mass is 385 g/mol. The molecule has 1 amide bonds. The molecule has 2 aliphatic heterocycles. The van der Waals surface area contributed by atoms with Crippen LogP contribution in [0.5, 0.6) is 5.75 Å². The van der Waals surface area contributed by atoms with Crippen molar-refractivity contribution in [2.75, 3.05) is 20.3 Å². The summed E-state index contributed by atoms with van der Waals surface area (Å²) in [5.74, 6) is 1.09. The molecular weight excluding hydrogens is 358 g/mol. The summed E-state index contributed by atoms with van der Waals surface area (Å²) in [7, 11) is 1.59. The number of β-amino-alcohol motifs (C(OH)–C–C–N with tert-alkyl or cyclic N) is 1. The van der Waals surface area contributed by atoms with Gasteiger partial charge in [0.2, 0.25) is 0 Å². The van der Waals surface area contributed by atoms with Crippen molar-refractivity contribution in [3.05, 3.63) is 41.2 Å². The Labute approximate surface area is 165 Å². The number of Topliss-reactive ketones (excluding diaryl/α,β-unsaturated/α-hetero) is 1. The minimum absolute atomic E-state index is 0.0271. The summed E-state index contributed by atoms with van der Waals surface area (Å²) in [6.07, 6.45) is 1.54. The van der Waals surface area contributed by atoms with E-state index in [1.165, 1.54) is 0 Å². The van der Waals surface area contributed by atoms with Crippen LogP contribution in [0.4, 0.5) is 0 Å². The minimum atomic E-state index is -0.526. The Morgan fingerprint density at radius 3 is 2.54 bits per heavy atom. The quantitative estimate of drug-likeness (QED) is 0.862. The van der Waals surface area contributed by atoms with E-state index in [9.17, 15) is 14.7 Å². The van der Waals surface area contributed by atoms with Gasteiger partial charge in [0.05, 0.1) is 31.2 Å². The van der Waals surface area contributed by atoms with Gasteiger partial charge in [-0.1, -0.05) is 26.0 Å². The van der Waals surface area contributed by atoms with Crippen molar-refractivity contribution in [2.45, 2.75) is 38.8 Å². The second-order valence-electron chi connectivity index (χ2n) is 8.25. The van der Waals surface area contributed by atoms with Crippen LogP contribution in [0.1, 0.15) is 38.3 Å². The zero-order valence-electron chi connectivity index (χ0n) is 16.6. The van der Waals surface area contributed by atoms with E-state index < -0.39 is 6.04 Å². The van der Waals surface area contributed by atoms with Crippen LogP contribution in [0.25, 0.3) is 0 Å². The van der Waals surface area contributed by atoms with Gasteiger partial charge in [-0.3, -0.25) is 9.59 Å². The van der Waals surface area contributed by atoms with E-state index in [1.807, 2.05) is 24.3 Å². The largest absolute Gasteiger partial charge is 0.497 e. The van der Waals surface area contributed by atoms with E-state index >= 15 is 0 Å². The van der Waals surface area contributed by atoms with Gasteiger partial charge in [0, 0.05) is 6.54 Å². The van der Waals surface area contributed by atoms with Gasteiger partial charge in [-0.15, -0.1) is 0 Å². The molecule has 3 aliphatic rings. The third kappa shape index (κ3) is 2.91. The number of ketones is 1. The van der Waals surface area contributed by atoms with Crippen molar-refractivity contribution >= 4 is 11.7 Å². The van der Waals surface area contributed by atoms with Crippen molar-refractivity contribution in [2.24, 2.45) is 17.8 Å². The number of aliphatic hydroxyl groups is 1. The molecule has 1 aliphatic carbocycles. The van der Waals surface area contributed by atoms with Crippen LogP contribution in [-0.2, 0) is 14.3 Å². The Morgan fingerprint density at radius 1 is 1.18 bits per heavy atom.